The number of alkyl halides is 17. The monoisotopic (exact) mass is 640 g/mol. The van der Waals surface area contributed by atoms with Crippen molar-refractivity contribution < 1.29 is 88.6 Å². The first-order valence-electron chi connectivity index (χ1n) is 10.8. The number of benzene rings is 1. The summed E-state index contributed by atoms with van der Waals surface area (Å²) in [7, 11) is 0. The molecule has 0 N–H and O–H groups in total. The average molecular weight is 640 g/mol. The predicted molar refractivity (Wildman–Crippen MR) is 98.2 cm³/mol. The minimum atomic E-state index is -8.68. The molecule has 236 valence electrons. The molecule has 1 fully saturated rings. The lowest BCUT2D eigenvalue weighted by Crippen LogP contribution is -2.75. The SMILES string of the molecule is O=C(Oc1ccc(F)cc1)[C@H]1CC[C@H](C(F)(F)C(F)(F)C(F)(F)C(F)(F)C(F)(F)C(F)(F)C(F)(F)C(F)(F)F)CC1. The Morgan fingerprint density at radius 3 is 1.32 bits per heavy atom. The van der Waals surface area contributed by atoms with Crippen molar-refractivity contribution in [2.75, 3.05) is 0 Å². The number of carbonyl (C=O) groups is 1. The zero-order chi connectivity index (χ0) is 32.3. The first-order chi connectivity index (χ1) is 18.1. The molecule has 1 aromatic carbocycles. The van der Waals surface area contributed by atoms with Gasteiger partial charge >= 0.3 is 53.6 Å². The lowest BCUT2D eigenvalue weighted by atomic mass is 9.75. The van der Waals surface area contributed by atoms with Crippen LogP contribution in [0.4, 0.5) is 79.0 Å². The summed E-state index contributed by atoms with van der Waals surface area (Å²) in [5, 5.41) is 0. The van der Waals surface area contributed by atoms with Gasteiger partial charge in [-0.05, 0) is 49.9 Å². The maximum Gasteiger partial charge on any atom is 0.460 e. The summed E-state index contributed by atoms with van der Waals surface area (Å²) in [6.45, 7) is 0. The molecular formula is C21H14F18O2. The highest BCUT2D eigenvalue weighted by Crippen LogP contribution is 2.65. The molecule has 1 aromatic rings. The van der Waals surface area contributed by atoms with E-state index in [4.69, 9.17) is 4.74 Å². The van der Waals surface area contributed by atoms with Crippen LogP contribution in [0.25, 0.3) is 0 Å². The van der Waals surface area contributed by atoms with Gasteiger partial charge < -0.3 is 4.74 Å². The van der Waals surface area contributed by atoms with Crippen LogP contribution in [0, 0.1) is 17.7 Å². The van der Waals surface area contributed by atoms with Crippen molar-refractivity contribution in [2.45, 2.75) is 73.3 Å². The molecule has 41 heavy (non-hydrogen) atoms. The molecule has 0 amide bonds. The van der Waals surface area contributed by atoms with Crippen LogP contribution in [0.1, 0.15) is 25.7 Å². The number of halogens is 18. The van der Waals surface area contributed by atoms with Crippen molar-refractivity contribution in [2.24, 2.45) is 11.8 Å². The van der Waals surface area contributed by atoms with Crippen LogP contribution in [-0.2, 0) is 4.79 Å². The fraction of sp³-hybridized carbons (Fsp3) is 0.667. The van der Waals surface area contributed by atoms with Gasteiger partial charge in [-0.15, -0.1) is 0 Å². The summed E-state index contributed by atoms with van der Waals surface area (Å²) in [4.78, 5) is 12.1. The highest BCUT2D eigenvalue weighted by atomic mass is 19.4. The quantitative estimate of drug-likeness (QED) is 0.154. The summed E-state index contributed by atoms with van der Waals surface area (Å²) in [6.07, 6.45) is -12.4. The molecule has 0 spiro atoms. The molecule has 0 aromatic heterocycles. The Balaban J connectivity index is 2.31. The summed E-state index contributed by atoms with van der Waals surface area (Å²) in [5.74, 6) is -63.5. The highest BCUT2D eigenvalue weighted by Gasteiger charge is 2.95. The fourth-order valence-corrected chi connectivity index (χ4v) is 3.83. The third-order valence-corrected chi connectivity index (χ3v) is 6.35. The second kappa shape index (κ2) is 10.3. The average Bonchev–Trinajstić information content (AvgIpc) is 2.84. The molecule has 0 unspecified atom stereocenters. The van der Waals surface area contributed by atoms with Gasteiger partial charge in [0, 0.05) is 5.92 Å². The van der Waals surface area contributed by atoms with Crippen LogP contribution in [0.2, 0.25) is 0 Å². The van der Waals surface area contributed by atoms with Crippen LogP contribution in [0.5, 0.6) is 5.75 Å². The van der Waals surface area contributed by atoms with Crippen molar-refractivity contribution in [3.8, 4) is 5.75 Å². The normalized spacial score (nSPS) is 20.6. The van der Waals surface area contributed by atoms with E-state index in [9.17, 15) is 83.8 Å². The smallest absolute Gasteiger partial charge is 0.426 e. The number of hydrogen-bond donors (Lipinski definition) is 0. The maximum atomic E-state index is 14.5. The zero-order valence-corrected chi connectivity index (χ0v) is 19.4. The van der Waals surface area contributed by atoms with Gasteiger partial charge in [-0.2, -0.15) is 74.6 Å². The van der Waals surface area contributed by atoms with E-state index in [1.165, 1.54) is 0 Å². The van der Waals surface area contributed by atoms with Gasteiger partial charge in [0.05, 0.1) is 5.92 Å². The Morgan fingerprint density at radius 1 is 0.561 bits per heavy atom. The summed E-state index contributed by atoms with van der Waals surface area (Å²) >= 11 is 0. The molecule has 1 aliphatic carbocycles. The molecule has 0 radical (unpaired) electrons. The lowest BCUT2D eigenvalue weighted by Gasteiger charge is -2.44. The fourth-order valence-electron chi connectivity index (χ4n) is 3.83. The number of rotatable bonds is 9. The Kier molecular flexibility index (Phi) is 8.70. The molecule has 0 saturated heterocycles. The van der Waals surface area contributed by atoms with Gasteiger partial charge in [-0.1, -0.05) is 0 Å². The van der Waals surface area contributed by atoms with Crippen molar-refractivity contribution in [1.29, 1.82) is 0 Å². The van der Waals surface area contributed by atoms with E-state index >= 15 is 0 Å². The molecule has 2 nitrogen and oxygen atoms in total. The second-order valence-corrected chi connectivity index (χ2v) is 8.99. The zero-order valence-electron chi connectivity index (χ0n) is 19.4. The van der Waals surface area contributed by atoms with Crippen LogP contribution >= 0.6 is 0 Å². The van der Waals surface area contributed by atoms with E-state index < -0.39 is 96.9 Å². The van der Waals surface area contributed by atoms with Crippen LogP contribution in [0.3, 0.4) is 0 Å². The topological polar surface area (TPSA) is 26.3 Å². The van der Waals surface area contributed by atoms with E-state index in [1.807, 2.05) is 0 Å². The minimum Gasteiger partial charge on any atom is -0.426 e. The second-order valence-electron chi connectivity index (χ2n) is 8.99. The van der Waals surface area contributed by atoms with Gasteiger partial charge in [0.25, 0.3) is 0 Å². The molecule has 20 heteroatoms. The highest BCUT2D eigenvalue weighted by molar-refractivity contribution is 5.75. The largest absolute Gasteiger partial charge is 0.460 e. The molecule has 0 heterocycles. The molecule has 1 aliphatic rings. The first kappa shape index (κ1) is 34.6. The van der Waals surface area contributed by atoms with Crippen molar-refractivity contribution >= 4 is 5.97 Å². The Hall–Kier alpha value is -2.57. The van der Waals surface area contributed by atoms with E-state index in [2.05, 4.69) is 0 Å². The number of ether oxygens (including phenoxy) is 1. The summed E-state index contributed by atoms with van der Waals surface area (Å²) in [5.41, 5.74) is 0. The van der Waals surface area contributed by atoms with Crippen LogP contribution < -0.4 is 4.74 Å². The third kappa shape index (κ3) is 5.27. The first-order valence-corrected chi connectivity index (χ1v) is 10.8. The van der Waals surface area contributed by atoms with Crippen molar-refractivity contribution in [1.82, 2.24) is 0 Å². The van der Waals surface area contributed by atoms with E-state index in [-0.39, 0.29) is 5.75 Å². The maximum absolute atomic E-state index is 14.5. The third-order valence-electron chi connectivity index (χ3n) is 6.35. The lowest BCUT2D eigenvalue weighted by molar-refractivity contribution is -0.463. The van der Waals surface area contributed by atoms with Gasteiger partial charge in [-0.3, -0.25) is 4.79 Å². The number of esters is 1. The van der Waals surface area contributed by atoms with Gasteiger partial charge in [0.15, 0.2) is 0 Å². The molecular weight excluding hydrogens is 626 g/mol. The van der Waals surface area contributed by atoms with Gasteiger partial charge in [-0.25, -0.2) is 4.39 Å². The van der Waals surface area contributed by atoms with Gasteiger partial charge in [0.1, 0.15) is 11.6 Å². The van der Waals surface area contributed by atoms with E-state index in [0.717, 1.165) is 24.3 Å². The molecule has 1 saturated carbocycles. The predicted octanol–water partition coefficient (Wildman–Crippen LogP) is 8.55. The molecule has 0 aliphatic heterocycles. The Morgan fingerprint density at radius 2 is 0.927 bits per heavy atom. The Labute approximate surface area is 216 Å². The van der Waals surface area contributed by atoms with Crippen molar-refractivity contribution in [3.05, 3.63) is 30.1 Å². The molecule has 0 bridgehead atoms. The van der Waals surface area contributed by atoms with Crippen LogP contribution in [0.15, 0.2) is 24.3 Å². The van der Waals surface area contributed by atoms with E-state index in [0.29, 0.717) is 0 Å². The van der Waals surface area contributed by atoms with E-state index in [1.54, 1.807) is 0 Å². The summed E-state index contributed by atoms with van der Waals surface area (Å²) in [6, 6.07) is 3.50. The number of hydrogen-bond acceptors (Lipinski definition) is 2. The Bertz CT molecular complexity index is 1080. The number of carbonyl (C=O) groups excluding carboxylic acids is 1. The standard InChI is InChI=1S/C21H14F18O2/c22-11-5-7-12(8-6-11)41-13(40)9-1-3-10(4-2-9)14(23,24)15(25,26)16(27,28)17(29,30)18(31,32)19(33,34)20(35,36)21(37,38)39/h5-10H,1-4H2/t9-,10-. The molecule has 0 atom stereocenters. The van der Waals surface area contributed by atoms with Gasteiger partial charge in [0.2, 0.25) is 0 Å². The van der Waals surface area contributed by atoms with Crippen molar-refractivity contribution in [3.63, 3.8) is 0 Å². The molecule has 2 rings (SSSR count). The van der Waals surface area contributed by atoms with Crippen LogP contribution in [-0.4, -0.2) is 53.6 Å². The minimum absolute atomic E-state index is 0.286. The summed E-state index contributed by atoms with van der Waals surface area (Å²) < 4.78 is 246.